The molecule has 0 unspecified atom stereocenters. The lowest BCUT2D eigenvalue weighted by Crippen LogP contribution is -2.40. The van der Waals surface area contributed by atoms with Gasteiger partial charge in [0.15, 0.2) is 0 Å². The zero-order valence-electron chi connectivity index (χ0n) is 8.25. The molecule has 1 rings (SSSR count). The molecule has 0 saturated heterocycles. The first kappa shape index (κ1) is 9.52. The highest BCUT2D eigenvalue weighted by Gasteiger charge is 2.28. The molecule has 0 aromatic heterocycles. The third-order valence-corrected chi connectivity index (χ3v) is 2.35. The molecule has 0 radical (unpaired) electrons. The van der Waals surface area contributed by atoms with Gasteiger partial charge in [-0.2, -0.15) is 0 Å². The summed E-state index contributed by atoms with van der Waals surface area (Å²) >= 11 is 0. The van der Waals surface area contributed by atoms with E-state index in [-0.39, 0.29) is 0 Å². The van der Waals surface area contributed by atoms with Crippen molar-refractivity contribution in [3.05, 3.63) is 0 Å². The fourth-order valence-corrected chi connectivity index (χ4v) is 1.89. The van der Waals surface area contributed by atoms with E-state index < -0.39 is 0 Å². The summed E-state index contributed by atoms with van der Waals surface area (Å²) in [7, 11) is 6.52. The van der Waals surface area contributed by atoms with Gasteiger partial charge in [0.05, 0.1) is 33.4 Å². The molecule has 1 N–H and O–H groups in total. The molecule has 1 aliphatic carbocycles. The van der Waals surface area contributed by atoms with E-state index in [0.29, 0.717) is 5.92 Å². The van der Waals surface area contributed by atoms with Gasteiger partial charge in [-0.05, 0) is 19.3 Å². The van der Waals surface area contributed by atoms with Crippen LogP contribution in [0.5, 0.6) is 0 Å². The second kappa shape index (κ2) is 3.44. The summed E-state index contributed by atoms with van der Waals surface area (Å²) < 4.78 is 0.948. The van der Waals surface area contributed by atoms with Gasteiger partial charge in [0.1, 0.15) is 0 Å². The zero-order valence-corrected chi connectivity index (χ0v) is 8.25. The monoisotopic (exact) mass is 171 g/mol. The largest absolute Gasteiger partial charge is 0.411 e. The molecular formula is C9H19N2O+. The quantitative estimate of drug-likeness (QED) is 0.379. The average molecular weight is 171 g/mol. The Bertz CT molecular complexity index is 181. The standard InChI is InChI=1S/C9H18N2O/c1-11(2,3)7-8-5-4-6-9(8)10-12/h8H,4-7H2,1-3H3/p+1/b10-9+/t8-/m0/s1. The molecule has 70 valence electrons. The molecule has 1 aliphatic rings. The third kappa shape index (κ3) is 2.48. The van der Waals surface area contributed by atoms with Gasteiger partial charge in [-0.1, -0.05) is 5.16 Å². The van der Waals surface area contributed by atoms with Gasteiger partial charge in [0.25, 0.3) is 0 Å². The topological polar surface area (TPSA) is 32.6 Å². The Morgan fingerprint density at radius 2 is 2.17 bits per heavy atom. The van der Waals surface area contributed by atoms with E-state index in [9.17, 15) is 0 Å². The van der Waals surface area contributed by atoms with Crippen molar-refractivity contribution in [2.45, 2.75) is 19.3 Å². The molecule has 0 amide bonds. The van der Waals surface area contributed by atoms with Crippen molar-refractivity contribution in [2.24, 2.45) is 11.1 Å². The molecule has 3 heteroatoms. The highest BCUT2D eigenvalue weighted by molar-refractivity contribution is 5.88. The van der Waals surface area contributed by atoms with Crippen LogP contribution in [0, 0.1) is 5.92 Å². The maximum atomic E-state index is 8.71. The van der Waals surface area contributed by atoms with Gasteiger partial charge in [-0.25, -0.2) is 0 Å². The second-order valence-corrected chi connectivity index (χ2v) is 4.65. The minimum absolute atomic E-state index is 0.509. The van der Waals surface area contributed by atoms with E-state index in [1.807, 2.05) is 0 Å². The normalized spacial score (nSPS) is 28.2. The number of oxime groups is 1. The Morgan fingerprint density at radius 1 is 1.50 bits per heavy atom. The fourth-order valence-electron chi connectivity index (χ4n) is 1.89. The fraction of sp³-hybridized carbons (Fsp3) is 0.889. The first-order chi connectivity index (χ1) is 5.53. The maximum absolute atomic E-state index is 8.71. The predicted molar refractivity (Wildman–Crippen MR) is 49.5 cm³/mol. The van der Waals surface area contributed by atoms with Gasteiger partial charge in [0, 0.05) is 5.92 Å². The predicted octanol–water partition coefficient (Wildman–Crippen LogP) is 1.32. The summed E-state index contributed by atoms with van der Waals surface area (Å²) in [4.78, 5) is 0. The number of hydrogen-bond donors (Lipinski definition) is 1. The Hall–Kier alpha value is -0.570. The molecule has 0 spiro atoms. The summed E-state index contributed by atoms with van der Waals surface area (Å²) in [5, 5.41) is 12.1. The Morgan fingerprint density at radius 3 is 2.67 bits per heavy atom. The van der Waals surface area contributed by atoms with E-state index in [1.54, 1.807) is 0 Å². The molecule has 0 aliphatic heterocycles. The van der Waals surface area contributed by atoms with E-state index in [0.717, 1.165) is 23.2 Å². The van der Waals surface area contributed by atoms with Gasteiger partial charge in [0.2, 0.25) is 0 Å². The van der Waals surface area contributed by atoms with Crippen molar-refractivity contribution in [3.8, 4) is 0 Å². The molecular weight excluding hydrogens is 152 g/mol. The van der Waals surface area contributed by atoms with Gasteiger partial charge in [-0.3, -0.25) is 0 Å². The lowest BCUT2D eigenvalue weighted by Gasteiger charge is -2.27. The molecule has 0 heterocycles. The first-order valence-corrected chi connectivity index (χ1v) is 4.54. The van der Waals surface area contributed by atoms with E-state index in [4.69, 9.17) is 5.21 Å². The Balaban J connectivity index is 2.52. The van der Waals surface area contributed by atoms with Crippen LogP contribution in [-0.4, -0.2) is 43.1 Å². The van der Waals surface area contributed by atoms with Crippen LogP contribution < -0.4 is 0 Å². The SMILES string of the molecule is C[N+](C)(C)C[C@@H]1CCC/C1=N\O. The molecule has 1 atom stereocenters. The average Bonchev–Trinajstić information content (AvgIpc) is 2.31. The van der Waals surface area contributed by atoms with Gasteiger partial charge >= 0.3 is 0 Å². The Labute approximate surface area is 74.3 Å². The lowest BCUT2D eigenvalue weighted by molar-refractivity contribution is -0.872. The van der Waals surface area contributed by atoms with Gasteiger partial charge in [-0.15, -0.1) is 0 Å². The smallest absolute Gasteiger partial charge is 0.0863 e. The lowest BCUT2D eigenvalue weighted by atomic mass is 10.1. The molecule has 0 aromatic rings. The van der Waals surface area contributed by atoms with E-state index >= 15 is 0 Å². The molecule has 0 aromatic carbocycles. The Kier molecular flexibility index (Phi) is 2.73. The highest BCUT2D eigenvalue weighted by atomic mass is 16.4. The van der Waals surface area contributed by atoms with Crippen LogP contribution in [0.25, 0.3) is 0 Å². The first-order valence-electron chi connectivity index (χ1n) is 4.54. The molecule has 1 saturated carbocycles. The second-order valence-electron chi connectivity index (χ2n) is 4.65. The van der Waals surface area contributed by atoms with Crippen LogP contribution in [0.3, 0.4) is 0 Å². The third-order valence-electron chi connectivity index (χ3n) is 2.35. The number of nitrogens with zero attached hydrogens (tertiary/aromatic N) is 2. The van der Waals surface area contributed by atoms with Crippen molar-refractivity contribution in [3.63, 3.8) is 0 Å². The summed E-state index contributed by atoms with van der Waals surface area (Å²) in [5.74, 6) is 0.509. The minimum Gasteiger partial charge on any atom is -0.411 e. The summed E-state index contributed by atoms with van der Waals surface area (Å²) in [6.45, 7) is 1.08. The molecule has 3 nitrogen and oxygen atoms in total. The zero-order chi connectivity index (χ0) is 9.19. The summed E-state index contributed by atoms with van der Waals surface area (Å²) in [6.07, 6.45) is 3.36. The minimum atomic E-state index is 0.509. The van der Waals surface area contributed by atoms with Crippen molar-refractivity contribution in [1.29, 1.82) is 0 Å². The maximum Gasteiger partial charge on any atom is 0.0863 e. The number of quaternary nitrogens is 1. The number of hydrogen-bond acceptors (Lipinski definition) is 2. The van der Waals surface area contributed by atoms with Crippen LogP contribution in [0.1, 0.15) is 19.3 Å². The van der Waals surface area contributed by atoms with Crippen molar-refractivity contribution in [1.82, 2.24) is 0 Å². The van der Waals surface area contributed by atoms with Gasteiger partial charge < -0.3 is 9.69 Å². The van der Waals surface area contributed by atoms with Crippen LogP contribution in [0.4, 0.5) is 0 Å². The molecule has 1 fully saturated rings. The van der Waals surface area contributed by atoms with Crippen LogP contribution in [0.15, 0.2) is 5.16 Å². The molecule has 0 bridgehead atoms. The highest BCUT2D eigenvalue weighted by Crippen LogP contribution is 2.24. The van der Waals surface area contributed by atoms with Crippen LogP contribution in [0.2, 0.25) is 0 Å². The van der Waals surface area contributed by atoms with Crippen LogP contribution >= 0.6 is 0 Å². The van der Waals surface area contributed by atoms with E-state index in [1.165, 1.54) is 12.8 Å². The summed E-state index contributed by atoms with van der Waals surface area (Å²) in [6, 6.07) is 0. The van der Waals surface area contributed by atoms with Crippen molar-refractivity contribution >= 4 is 5.71 Å². The van der Waals surface area contributed by atoms with Crippen molar-refractivity contribution < 1.29 is 9.69 Å². The van der Waals surface area contributed by atoms with E-state index in [2.05, 4.69) is 26.3 Å². The molecule has 12 heavy (non-hydrogen) atoms. The van der Waals surface area contributed by atoms with Crippen LogP contribution in [-0.2, 0) is 0 Å². The number of rotatable bonds is 2. The van der Waals surface area contributed by atoms with Crippen molar-refractivity contribution in [2.75, 3.05) is 27.7 Å². The summed E-state index contributed by atoms with van der Waals surface area (Å²) in [5.41, 5.74) is 1.00.